The lowest BCUT2D eigenvalue weighted by Crippen LogP contribution is -1.79. The van der Waals surface area contributed by atoms with Crippen molar-refractivity contribution in [1.29, 1.82) is 0 Å². The van der Waals surface area contributed by atoms with Crippen LogP contribution in [0.2, 0.25) is 0 Å². The molecule has 0 N–H and O–H groups in total. The number of hydrogen-bond donors (Lipinski definition) is 0. The Morgan fingerprint density at radius 1 is 1.23 bits per heavy atom. The largest absolute Gasteiger partial charge is 0.445 e. The summed E-state index contributed by atoms with van der Waals surface area (Å²) in [5.74, 6) is 0.652. The third kappa shape index (κ3) is 0.855. The summed E-state index contributed by atoms with van der Waals surface area (Å²) >= 11 is 0. The Morgan fingerprint density at radius 3 is 3.15 bits per heavy atom. The Morgan fingerprint density at radius 2 is 2.15 bits per heavy atom. The Hall–Kier alpha value is -1.83. The molecule has 2 aliphatic rings. The van der Waals surface area contributed by atoms with E-state index in [0.29, 0.717) is 5.89 Å². The van der Waals surface area contributed by atoms with Crippen molar-refractivity contribution in [2.45, 2.75) is 0 Å². The summed E-state index contributed by atoms with van der Waals surface area (Å²) in [5.41, 5.74) is 1.03. The normalized spacial score (nSPS) is 11.1. The van der Waals surface area contributed by atoms with Crippen molar-refractivity contribution in [3.05, 3.63) is 42.8 Å². The van der Waals surface area contributed by atoms with Crippen molar-refractivity contribution in [1.82, 2.24) is 4.98 Å². The van der Waals surface area contributed by atoms with Gasteiger partial charge in [0, 0.05) is 10.9 Å². The van der Waals surface area contributed by atoms with Crippen molar-refractivity contribution in [3.63, 3.8) is 0 Å². The molecule has 2 nitrogen and oxygen atoms in total. The van der Waals surface area contributed by atoms with Gasteiger partial charge in [0.05, 0.1) is 6.20 Å². The molecule has 3 rings (SSSR count). The molecule has 0 fully saturated rings. The summed E-state index contributed by atoms with van der Waals surface area (Å²) < 4.78 is 5.32. The first-order chi connectivity index (χ1) is 6.45. The van der Waals surface area contributed by atoms with Crippen molar-refractivity contribution in [2.75, 3.05) is 0 Å². The molecule has 0 bridgehead atoms. The van der Waals surface area contributed by atoms with Crippen LogP contribution in [0.3, 0.4) is 0 Å². The highest BCUT2D eigenvalue weighted by Crippen LogP contribution is 2.28. The monoisotopic (exact) mass is 168 g/mol. The van der Waals surface area contributed by atoms with Gasteiger partial charge >= 0.3 is 0 Å². The average Bonchev–Trinajstić information content (AvgIpc) is 2.65. The molecule has 0 amide bonds. The summed E-state index contributed by atoms with van der Waals surface area (Å²) in [5, 5.41) is 2.26. The summed E-state index contributed by atoms with van der Waals surface area (Å²) in [4.78, 5) is 3.98. The van der Waals surface area contributed by atoms with Gasteiger partial charge in [0.1, 0.15) is 6.26 Å². The zero-order valence-corrected chi connectivity index (χ0v) is 6.82. The third-order valence-corrected chi connectivity index (χ3v) is 2.15. The predicted molar refractivity (Wildman–Crippen MR) is 49.5 cm³/mol. The molecule has 1 aromatic rings. The van der Waals surface area contributed by atoms with Gasteiger partial charge in [-0.1, -0.05) is 24.3 Å². The van der Waals surface area contributed by atoms with E-state index in [0.717, 1.165) is 16.3 Å². The molecule has 0 aliphatic carbocycles. The van der Waals surface area contributed by atoms with Crippen LogP contribution in [-0.4, -0.2) is 4.98 Å². The zero-order valence-electron chi connectivity index (χ0n) is 6.82. The second-order valence-electron chi connectivity index (χ2n) is 2.93. The lowest BCUT2D eigenvalue weighted by molar-refractivity contribution is 0.558. The van der Waals surface area contributed by atoms with Gasteiger partial charge in [-0.2, -0.15) is 0 Å². The van der Waals surface area contributed by atoms with E-state index in [4.69, 9.17) is 4.42 Å². The molecule has 0 spiro atoms. The van der Waals surface area contributed by atoms with Crippen LogP contribution in [0.5, 0.6) is 0 Å². The molecule has 61 valence electrons. The number of benzene rings is 1. The summed E-state index contributed by atoms with van der Waals surface area (Å²) in [6.07, 6.45) is 4.51. The number of nitrogens with zero attached hydrogens (tertiary/aromatic N) is 1. The highest BCUT2D eigenvalue weighted by molar-refractivity contribution is 5.94. The Labute approximate surface area is 75.2 Å². The van der Waals surface area contributed by atoms with Crippen LogP contribution in [0.25, 0.3) is 22.2 Å². The fourth-order valence-electron chi connectivity index (χ4n) is 1.52. The van der Waals surface area contributed by atoms with Crippen molar-refractivity contribution in [2.24, 2.45) is 0 Å². The SMILES string of the molecule is [c]1cc2c3ccccc3coc-2n1. The second kappa shape index (κ2) is 2.33. The molecule has 2 heteroatoms. The Bertz CT molecular complexity index is 527. The highest BCUT2D eigenvalue weighted by atomic mass is 16.3. The number of hydrogen-bond acceptors (Lipinski definition) is 2. The van der Waals surface area contributed by atoms with Crippen molar-refractivity contribution in [3.8, 4) is 11.5 Å². The van der Waals surface area contributed by atoms with Gasteiger partial charge in [-0.25, -0.2) is 4.98 Å². The Kier molecular flexibility index (Phi) is 1.19. The van der Waals surface area contributed by atoms with Crippen LogP contribution < -0.4 is 0 Å². The van der Waals surface area contributed by atoms with Crippen LogP contribution in [0.15, 0.2) is 41.0 Å². The molecule has 0 unspecified atom stereocenters. The van der Waals surface area contributed by atoms with Gasteiger partial charge < -0.3 is 4.42 Å². The highest BCUT2D eigenvalue weighted by Gasteiger charge is 2.09. The second-order valence-corrected chi connectivity index (χ2v) is 2.93. The first kappa shape index (κ1) is 6.66. The molecule has 0 atom stereocenters. The van der Waals surface area contributed by atoms with Crippen LogP contribution in [-0.2, 0) is 0 Å². The van der Waals surface area contributed by atoms with Crippen LogP contribution in [0.4, 0.5) is 0 Å². The van der Waals surface area contributed by atoms with E-state index in [1.807, 2.05) is 24.3 Å². The molecule has 0 saturated carbocycles. The summed E-state index contributed by atoms with van der Waals surface area (Å²) in [7, 11) is 0. The topological polar surface area (TPSA) is 26.0 Å². The van der Waals surface area contributed by atoms with Gasteiger partial charge in [0.25, 0.3) is 0 Å². The lowest BCUT2D eigenvalue weighted by atomic mass is 10.1. The van der Waals surface area contributed by atoms with E-state index >= 15 is 0 Å². The van der Waals surface area contributed by atoms with Crippen LogP contribution in [0, 0.1) is 6.20 Å². The van der Waals surface area contributed by atoms with Gasteiger partial charge in [-0.15, -0.1) is 0 Å². The molecule has 0 saturated heterocycles. The van der Waals surface area contributed by atoms with E-state index < -0.39 is 0 Å². The van der Waals surface area contributed by atoms with Gasteiger partial charge in [-0.05, 0) is 11.5 Å². The maximum absolute atomic E-state index is 5.32. The minimum Gasteiger partial charge on any atom is -0.445 e. The minimum absolute atomic E-state index is 0.652. The number of fused-ring (bicyclic) bond motifs is 3. The third-order valence-electron chi connectivity index (χ3n) is 2.15. The van der Waals surface area contributed by atoms with Gasteiger partial charge in [0.15, 0.2) is 0 Å². The van der Waals surface area contributed by atoms with E-state index in [1.54, 1.807) is 6.26 Å². The maximum Gasteiger partial charge on any atom is 0.227 e. The molecule has 1 aromatic carbocycles. The van der Waals surface area contributed by atoms with Crippen molar-refractivity contribution < 1.29 is 4.42 Å². The molecular weight excluding hydrogens is 162 g/mol. The molecule has 2 aliphatic heterocycles. The predicted octanol–water partition coefficient (Wildman–Crippen LogP) is 2.73. The van der Waals surface area contributed by atoms with E-state index in [-0.39, 0.29) is 0 Å². The zero-order chi connectivity index (χ0) is 8.67. The standard InChI is InChI=1S/C11H6NO/c1-2-4-9-8(3-1)7-13-11-10(9)5-6-12-11/h1-5,7H. The van der Waals surface area contributed by atoms with E-state index in [1.165, 1.54) is 0 Å². The smallest absolute Gasteiger partial charge is 0.227 e. The van der Waals surface area contributed by atoms with Gasteiger partial charge in [0.2, 0.25) is 5.89 Å². The van der Waals surface area contributed by atoms with E-state index in [2.05, 4.69) is 17.2 Å². The maximum atomic E-state index is 5.32. The molecule has 1 radical (unpaired) electrons. The molecule has 2 heterocycles. The van der Waals surface area contributed by atoms with Gasteiger partial charge in [-0.3, -0.25) is 0 Å². The minimum atomic E-state index is 0.652. The lowest BCUT2D eigenvalue weighted by Gasteiger charge is -2.01. The molecule has 0 aromatic heterocycles. The summed E-state index contributed by atoms with van der Waals surface area (Å²) in [6, 6.07) is 9.92. The fourth-order valence-corrected chi connectivity index (χ4v) is 1.52. The fraction of sp³-hybridized carbons (Fsp3) is 0. The first-order valence-electron chi connectivity index (χ1n) is 4.08. The first-order valence-corrected chi connectivity index (χ1v) is 4.08. The average molecular weight is 168 g/mol. The van der Waals surface area contributed by atoms with Crippen LogP contribution >= 0.6 is 0 Å². The Balaban J connectivity index is 2.57. The van der Waals surface area contributed by atoms with E-state index in [9.17, 15) is 0 Å². The van der Waals surface area contributed by atoms with Crippen LogP contribution in [0.1, 0.15) is 0 Å². The molecular formula is C11H6NO. The number of aromatic nitrogens is 1. The quantitative estimate of drug-likeness (QED) is 0.515. The summed E-state index contributed by atoms with van der Waals surface area (Å²) in [6.45, 7) is 0. The number of rotatable bonds is 0. The van der Waals surface area contributed by atoms with Crippen molar-refractivity contribution >= 4 is 10.8 Å². The molecule has 13 heavy (non-hydrogen) atoms.